The van der Waals surface area contributed by atoms with Crippen molar-refractivity contribution in [2.75, 3.05) is 13.6 Å². The number of likely N-dealkylation sites (N-methyl/N-ethyl adjacent to an activating group) is 1. The number of rotatable bonds is 5. The van der Waals surface area contributed by atoms with Gasteiger partial charge in [0.25, 0.3) is 5.89 Å². The summed E-state index contributed by atoms with van der Waals surface area (Å²) < 4.78 is 5.45. The van der Waals surface area contributed by atoms with E-state index in [4.69, 9.17) is 4.52 Å². The van der Waals surface area contributed by atoms with Crippen LogP contribution in [0.4, 0.5) is 0 Å². The Morgan fingerprint density at radius 3 is 2.89 bits per heavy atom. The maximum atomic E-state index is 5.45. The Balaban J connectivity index is 1.86. The van der Waals surface area contributed by atoms with Crippen LogP contribution >= 0.6 is 0 Å². The van der Waals surface area contributed by atoms with Gasteiger partial charge in [0, 0.05) is 11.5 Å². The molecule has 3 rings (SSSR count). The molecule has 0 saturated heterocycles. The van der Waals surface area contributed by atoms with E-state index in [1.165, 1.54) is 24.8 Å². The van der Waals surface area contributed by atoms with E-state index < -0.39 is 0 Å². The van der Waals surface area contributed by atoms with Crippen molar-refractivity contribution >= 4 is 0 Å². The summed E-state index contributed by atoms with van der Waals surface area (Å²) in [6.07, 6.45) is 4.64. The molecule has 1 heterocycles. The highest BCUT2D eigenvalue weighted by molar-refractivity contribution is 5.58. The monoisotopic (exact) mass is 257 g/mol. The van der Waals surface area contributed by atoms with Crippen LogP contribution in [0.15, 0.2) is 28.8 Å². The van der Waals surface area contributed by atoms with Crippen molar-refractivity contribution in [2.45, 2.75) is 31.6 Å². The zero-order chi connectivity index (χ0) is 13.1. The molecule has 0 unspecified atom stereocenters. The fraction of sp³-hybridized carbons (Fsp3) is 0.467. The number of benzene rings is 1. The third-order valence-corrected chi connectivity index (χ3v) is 3.80. The second kappa shape index (κ2) is 5.53. The lowest BCUT2D eigenvalue weighted by Crippen LogP contribution is -2.11. The summed E-state index contributed by atoms with van der Waals surface area (Å²) in [7, 11) is 1.96. The average molecular weight is 257 g/mol. The van der Waals surface area contributed by atoms with Gasteiger partial charge in [0.15, 0.2) is 5.82 Å². The van der Waals surface area contributed by atoms with Gasteiger partial charge in [-0.3, -0.25) is 0 Å². The minimum Gasteiger partial charge on any atom is -0.334 e. The Morgan fingerprint density at radius 1 is 1.32 bits per heavy atom. The Morgan fingerprint density at radius 2 is 2.16 bits per heavy atom. The first-order valence-corrected chi connectivity index (χ1v) is 6.95. The lowest BCUT2D eigenvalue weighted by molar-refractivity contribution is 0.366. The zero-order valence-electron chi connectivity index (χ0n) is 11.2. The van der Waals surface area contributed by atoms with Crippen molar-refractivity contribution in [1.82, 2.24) is 15.5 Å². The van der Waals surface area contributed by atoms with Crippen molar-refractivity contribution in [3.05, 3.63) is 35.7 Å². The fourth-order valence-electron chi connectivity index (χ4n) is 2.38. The summed E-state index contributed by atoms with van der Waals surface area (Å²) in [5.41, 5.74) is 2.32. The van der Waals surface area contributed by atoms with E-state index in [1.807, 2.05) is 13.1 Å². The molecule has 0 bridgehead atoms. The molecule has 0 amide bonds. The van der Waals surface area contributed by atoms with Crippen LogP contribution in [0, 0.1) is 0 Å². The van der Waals surface area contributed by atoms with Crippen molar-refractivity contribution in [1.29, 1.82) is 0 Å². The lowest BCUT2D eigenvalue weighted by atomic mass is 9.85. The summed E-state index contributed by atoms with van der Waals surface area (Å²) in [5, 5.41) is 7.30. The molecule has 19 heavy (non-hydrogen) atoms. The minimum absolute atomic E-state index is 0.516. The summed E-state index contributed by atoms with van der Waals surface area (Å²) >= 11 is 0. The third-order valence-electron chi connectivity index (χ3n) is 3.80. The molecule has 1 fully saturated rings. The van der Waals surface area contributed by atoms with Gasteiger partial charge in [-0.2, -0.15) is 4.98 Å². The molecule has 1 aromatic heterocycles. The van der Waals surface area contributed by atoms with E-state index in [-0.39, 0.29) is 0 Å². The maximum absolute atomic E-state index is 5.45. The standard InChI is InChI=1S/C15H19N3O/c1-16-10-9-11-5-2-3-8-13(11)15-17-14(18-19-15)12-6-4-7-12/h2-3,5,8,12,16H,4,6-7,9-10H2,1H3. The number of hydrogen-bond donors (Lipinski definition) is 1. The Bertz CT molecular complexity index is 546. The first-order valence-electron chi connectivity index (χ1n) is 6.95. The molecule has 1 aliphatic rings. The first-order chi connectivity index (χ1) is 9.38. The maximum Gasteiger partial charge on any atom is 0.258 e. The predicted molar refractivity (Wildman–Crippen MR) is 74.0 cm³/mol. The van der Waals surface area contributed by atoms with Gasteiger partial charge in [0.2, 0.25) is 0 Å². The molecular weight excluding hydrogens is 238 g/mol. The molecule has 1 aromatic carbocycles. The van der Waals surface area contributed by atoms with Crippen LogP contribution in [0.3, 0.4) is 0 Å². The minimum atomic E-state index is 0.516. The molecule has 0 atom stereocenters. The summed E-state index contributed by atoms with van der Waals surface area (Å²) in [6, 6.07) is 8.26. The van der Waals surface area contributed by atoms with E-state index in [0.717, 1.165) is 24.4 Å². The number of nitrogens with zero attached hydrogens (tertiary/aromatic N) is 2. The van der Waals surface area contributed by atoms with Gasteiger partial charge in [0.05, 0.1) is 0 Å². The topological polar surface area (TPSA) is 51.0 Å². The molecule has 1 saturated carbocycles. The van der Waals surface area contributed by atoms with Crippen LogP contribution in [0.1, 0.15) is 36.6 Å². The van der Waals surface area contributed by atoms with Gasteiger partial charge < -0.3 is 9.84 Å². The molecule has 0 aliphatic heterocycles. The normalized spacial score (nSPS) is 15.4. The second-order valence-corrected chi connectivity index (χ2v) is 5.10. The first kappa shape index (κ1) is 12.4. The van der Waals surface area contributed by atoms with E-state index >= 15 is 0 Å². The van der Waals surface area contributed by atoms with Crippen LogP contribution in [-0.4, -0.2) is 23.7 Å². The molecule has 4 nitrogen and oxygen atoms in total. The van der Waals surface area contributed by atoms with Gasteiger partial charge in [0.1, 0.15) is 0 Å². The van der Waals surface area contributed by atoms with Gasteiger partial charge in [-0.1, -0.05) is 29.8 Å². The second-order valence-electron chi connectivity index (χ2n) is 5.10. The van der Waals surface area contributed by atoms with Gasteiger partial charge in [-0.15, -0.1) is 0 Å². The van der Waals surface area contributed by atoms with Crippen LogP contribution in [0.25, 0.3) is 11.5 Å². The molecule has 4 heteroatoms. The van der Waals surface area contributed by atoms with Gasteiger partial charge in [-0.25, -0.2) is 0 Å². The average Bonchev–Trinajstić information content (AvgIpc) is 2.84. The van der Waals surface area contributed by atoms with Crippen molar-refractivity contribution < 1.29 is 4.52 Å². The third kappa shape index (κ3) is 2.54. The predicted octanol–water partition coefficient (Wildman–Crippen LogP) is 2.77. The molecule has 2 aromatic rings. The fourth-order valence-corrected chi connectivity index (χ4v) is 2.38. The summed E-state index contributed by atoms with van der Waals surface area (Å²) in [6.45, 7) is 0.945. The number of hydrogen-bond acceptors (Lipinski definition) is 4. The molecule has 0 radical (unpaired) electrons. The molecule has 1 N–H and O–H groups in total. The van der Waals surface area contributed by atoms with Crippen LogP contribution < -0.4 is 5.32 Å². The Kier molecular flexibility index (Phi) is 3.60. The van der Waals surface area contributed by atoms with E-state index in [1.54, 1.807) is 0 Å². The summed E-state index contributed by atoms with van der Waals surface area (Å²) in [5.74, 6) is 2.06. The largest absolute Gasteiger partial charge is 0.334 e. The number of aromatic nitrogens is 2. The Hall–Kier alpha value is -1.68. The van der Waals surface area contributed by atoms with Crippen molar-refractivity contribution in [2.24, 2.45) is 0 Å². The summed E-state index contributed by atoms with van der Waals surface area (Å²) in [4.78, 5) is 4.57. The zero-order valence-corrected chi connectivity index (χ0v) is 11.2. The van der Waals surface area contributed by atoms with Gasteiger partial charge >= 0.3 is 0 Å². The van der Waals surface area contributed by atoms with Crippen LogP contribution in [0.2, 0.25) is 0 Å². The molecule has 0 spiro atoms. The quantitative estimate of drug-likeness (QED) is 0.894. The lowest BCUT2D eigenvalue weighted by Gasteiger charge is -2.20. The number of nitrogens with one attached hydrogen (secondary N) is 1. The highest BCUT2D eigenvalue weighted by Gasteiger charge is 2.25. The SMILES string of the molecule is CNCCc1ccccc1-c1nc(C2CCC2)no1. The molecule has 1 aliphatic carbocycles. The van der Waals surface area contributed by atoms with Crippen molar-refractivity contribution in [3.8, 4) is 11.5 Å². The van der Waals surface area contributed by atoms with E-state index in [2.05, 4.69) is 33.7 Å². The van der Waals surface area contributed by atoms with Crippen LogP contribution in [0.5, 0.6) is 0 Å². The molecule has 100 valence electrons. The van der Waals surface area contributed by atoms with Crippen LogP contribution in [-0.2, 0) is 6.42 Å². The Labute approximate surface area is 113 Å². The van der Waals surface area contributed by atoms with E-state index in [9.17, 15) is 0 Å². The van der Waals surface area contributed by atoms with Crippen molar-refractivity contribution in [3.63, 3.8) is 0 Å². The highest BCUT2D eigenvalue weighted by Crippen LogP contribution is 2.35. The van der Waals surface area contributed by atoms with E-state index in [0.29, 0.717) is 11.8 Å². The highest BCUT2D eigenvalue weighted by atomic mass is 16.5. The smallest absolute Gasteiger partial charge is 0.258 e. The molecular formula is C15H19N3O. The van der Waals surface area contributed by atoms with Gasteiger partial charge in [-0.05, 0) is 44.5 Å².